The number of nitro benzene ring substituents is 1. The third-order valence-electron chi connectivity index (χ3n) is 3.80. The molecule has 0 fully saturated rings. The van der Waals surface area contributed by atoms with Crippen molar-refractivity contribution in [2.45, 2.75) is 25.3 Å². The number of hydrogen-bond acceptors (Lipinski definition) is 3. The van der Waals surface area contributed by atoms with E-state index in [4.69, 9.17) is 0 Å². The zero-order chi connectivity index (χ0) is 17.4. The van der Waals surface area contributed by atoms with Gasteiger partial charge in [-0.25, -0.2) is 8.78 Å². The molecule has 0 aliphatic rings. The van der Waals surface area contributed by atoms with E-state index in [1.165, 1.54) is 24.3 Å². The Morgan fingerprint density at radius 1 is 1.04 bits per heavy atom. The largest absolute Gasteiger partial charge is 0.311 e. The lowest BCUT2D eigenvalue weighted by molar-refractivity contribution is -0.384. The molecule has 4 nitrogen and oxygen atoms in total. The number of nitrogens with zero attached hydrogens (tertiary/aromatic N) is 1. The van der Waals surface area contributed by atoms with Crippen molar-refractivity contribution in [2.24, 2.45) is 0 Å². The van der Waals surface area contributed by atoms with Gasteiger partial charge in [0, 0.05) is 18.2 Å². The van der Waals surface area contributed by atoms with E-state index in [1.807, 2.05) is 0 Å². The molecule has 0 heterocycles. The van der Waals surface area contributed by atoms with Crippen LogP contribution < -0.4 is 5.32 Å². The molecule has 0 saturated heterocycles. The third-order valence-corrected chi connectivity index (χ3v) is 3.80. The van der Waals surface area contributed by atoms with Crippen molar-refractivity contribution in [3.8, 4) is 0 Å². The van der Waals surface area contributed by atoms with Gasteiger partial charge in [-0.3, -0.25) is 10.1 Å². The highest BCUT2D eigenvalue weighted by Crippen LogP contribution is 2.13. The van der Waals surface area contributed by atoms with Crippen LogP contribution in [0.2, 0.25) is 0 Å². The van der Waals surface area contributed by atoms with Gasteiger partial charge >= 0.3 is 0 Å². The van der Waals surface area contributed by atoms with E-state index in [0.29, 0.717) is 13.0 Å². The van der Waals surface area contributed by atoms with Crippen molar-refractivity contribution in [1.29, 1.82) is 0 Å². The summed E-state index contributed by atoms with van der Waals surface area (Å²) in [6.45, 7) is 0.154. The zero-order valence-electron chi connectivity index (χ0n) is 13.3. The van der Waals surface area contributed by atoms with E-state index >= 15 is 0 Å². The number of hydrogen-bond donors (Lipinski definition) is 1. The quantitative estimate of drug-likeness (QED) is 0.431. The Balaban J connectivity index is 1.73. The van der Waals surface area contributed by atoms with Gasteiger partial charge in [-0.1, -0.05) is 24.3 Å². The number of aryl methyl sites for hydroxylation is 1. The van der Waals surface area contributed by atoms with Crippen molar-refractivity contribution in [3.05, 3.63) is 75.6 Å². The number of nitro groups is 1. The van der Waals surface area contributed by atoms with E-state index in [0.717, 1.165) is 24.0 Å². The first-order chi connectivity index (χ1) is 11.6. The summed E-state index contributed by atoms with van der Waals surface area (Å²) in [6.07, 6.45) is 2.08. The summed E-state index contributed by atoms with van der Waals surface area (Å²) in [5.74, 6) is -0.299. The lowest BCUT2D eigenvalue weighted by atomic mass is 10.1. The molecule has 2 aromatic carbocycles. The van der Waals surface area contributed by atoms with Crippen LogP contribution in [0.5, 0.6) is 0 Å². The summed E-state index contributed by atoms with van der Waals surface area (Å²) in [7, 11) is 0. The Morgan fingerprint density at radius 3 is 2.25 bits per heavy atom. The maximum Gasteiger partial charge on any atom is 0.269 e. The van der Waals surface area contributed by atoms with Gasteiger partial charge in [-0.05, 0) is 49.1 Å². The summed E-state index contributed by atoms with van der Waals surface area (Å²) in [4.78, 5) is 10.2. The van der Waals surface area contributed by atoms with E-state index in [9.17, 15) is 18.9 Å². The molecule has 0 amide bonds. The summed E-state index contributed by atoms with van der Waals surface area (Å²) in [5.41, 5.74) is 1.98. The number of benzene rings is 2. The summed E-state index contributed by atoms with van der Waals surface area (Å²) >= 11 is 0. The van der Waals surface area contributed by atoms with Crippen LogP contribution >= 0.6 is 0 Å². The average Bonchev–Trinajstić information content (AvgIpc) is 2.59. The van der Waals surface area contributed by atoms with E-state index in [1.54, 1.807) is 24.3 Å². The predicted octanol–water partition coefficient (Wildman–Crippen LogP) is 3.84. The number of non-ortho nitro benzene ring substituents is 1. The lowest BCUT2D eigenvalue weighted by Crippen LogP contribution is -2.34. The minimum atomic E-state index is -0.491. The minimum Gasteiger partial charge on any atom is -0.311 e. The molecule has 24 heavy (non-hydrogen) atoms. The molecule has 0 aromatic heterocycles. The topological polar surface area (TPSA) is 55.2 Å². The fourth-order valence-electron chi connectivity index (χ4n) is 2.47. The molecular formula is C18H20F2N2O2. The molecule has 0 saturated carbocycles. The Bertz CT molecular complexity index is 645. The number of alkyl halides is 1. The maximum absolute atomic E-state index is 13.1. The lowest BCUT2D eigenvalue weighted by Gasteiger charge is -2.15. The maximum atomic E-state index is 13.1. The van der Waals surface area contributed by atoms with Crippen LogP contribution in [0.3, 0.4) is 0 Å². The molecule has 2 aromatic rings. The van der Waals surface area contributed by atoms with E-state index in [2.05, 4.69) is 5.32 Å². The molecule has 2 rings (SSSR count). The van der Waals surface area contributed by atoms with Gasteiger partial charge in [0.1, 0.15) is 12.5 Å². The Kier molecular flexibility index (Phi) is 6.81. The van der Waals surface area contributed by atoms with Gasteiger partial charge in [-0.15, -0.1) is 0 Å². The van der Waals surface area contributed by atoms with E-state index < -0.39 is 11.6 Å². The van der Waals surface area contributed by atoms with Gasteiger partial charge in [0.05, 0.1) is 4.92 Å². The van der Waals surface area contributed by atoms with Crippen LogP contribution in [0.15, 0.2) is 48.5 Å². The van der Waals surface area contributed by atoms with E-state index in [-0.39, 0.29) is 17.5 Å². The van der Waals surface area contributed by atoms with Gasteiger partial charge < -0.3 is 5.32 Å². The molecule has 1 N–H and O–H groups in total. The summed E-state index contributed by atoms with van der Waals surface area (Å²) in [5, 5.41) is 13.7. The Morgan fingerprint density at radius 2 is 1.67 bits per heavy atom. The molecule has 128 valence electrons. The van der Waals surface area contributed by atoms with Gasteiger partial charge in [0.25, 0.3) is 5.69 Å². The highest BCUT2D eigenvalue weighted by Gasteiger charge is 2.09. The van der Waals surface area contributed by atoms with Crippen LogP contribution in [0.25, 0.3) is 0 Å². The second-order valence-electron chi connectivity index (χ2n) is 5.66. The SMILES string of the molecule is O=[N+]([O-])c1ccc(CCCNC(CF)Cc2ccc(F)cc2)cc1. The van der Waals surface area contributed by atoms with Gasteiger partial charge in [0.2, 0.25) is 0 Å². The molecule has 1 unspecified atom stereocenters. The zero-order valence-corrected chi connectivity index (χ0v) is 13.3. The molecule has 1 atom stereocenters. The van der Waals surface area contributed by atoms with Crippen molar-refractivity contribution in [1.82, 2.24) is 5.32 Å². The summed E-state index contributed by atoms with van der Waals surface area (Å²) in [6, 6.07) is 12.2. The molecule has 0 bridgehead atoms. The fraction of sp³-hybridized carbons (Fsp3) is 0.333. The van der Waals surface area contributed by atoms with Crippen LogP contribution in [-0.4, -0.2) is 24.2 Å². The first-order valence-corrected chi connectivity index (χ1v) is 7.85. The second-order valence-corrected chi connectivity index (χ2v) is 5.66. The van der Waals surface area contributed by atoms with Crippen molar-refractivity contribution in [3.63, 3.8) is 0 Å². The van der Waals surface area contributed by atoms with Crippen molar-refractivity contribution in [2.75, 3.05) is 13.2 Å². The van der Waals surface area contributed by atoms with Crippen molar-refractivity contribution >= 4 is 5.69 Å². The molecule has 6 heteroatoms. The van der Waals surface area contributed by atoms with Gasteiger partial charge in [0.15, 0.2) is 0 Å². The minimum absolute atomic E-state index is 0.0775. The highest BCUT2D eigenvalue weighted by atomic mass is 19.1. The average molecular weight is 334 g/mol. The highest BCUT2D eigenvalue weighted by molar-refractivity contribution is 5.32. The van der Waals surface area contributed by atoms with Crippen LogP contribution in [0.1, 0.15) is 17.5 Å². The predicted molar refractivity (Wildman–Crippen MR) is 89.3 cm³/mol. The van der Waals surface area contributed by atoms with Crippen LogP contribution in [0.4, 0.5) is 14.5 Å². The molecular weight excluding hydrogens is 314 g/mol. The van der Waals surface area contributed by atoms with Crippen LogP contribution in [0, 0.1) is 15.9 Å². The third kappa shape index (κ3) is 5.70. The second kappa shape index (κ2) is 9.08. The first kappa shape index (κ1) is 18.0. The number of halogens is 2. The fourth-order valence-corrected chi connectivity index (χ4v) is 2.47. The number of rotatable bonds is 9. The Hall–Kier alpha value is -2.34. The molecule has 0 aliphatic heterocycles. The molecule has 0 spiro atoms. The molecule has 0 aliphatic carbocycles. The standard InChI is InChI=1S/C18H20F2N2O2/c19-13-17(12-15-3-7-16(20)8-4-15)21-11-1-2-14-5-9-18(10-6-14)22(23)24/h3-10,17,21H,1-2,11-13H2. The van der Waals surface area contributed by atoms with Gasteiger partial charge in [-0.2, -0.15) is 0 Å². The first-order valence-electron chi connectivity index (χ1n) is 7.85. The number of nitrogens with one attached hydrogen (secondary N) is 1. The molecule has 0 radical (unpaired) electrons. The normalized spacial score (nSPS) is 12.1. The summed E-state index contributed by atoms with van der Waals surface area (Å²) < 4.78 is 26.0. The van der Waals surface area contributed by atoms with Crippen LogP contribution in [-0.2, 0) is 12.8 Å². The smallest absolute Gasteiger partial charge is 0.269 e. The Labute approximate surface area is 139 Å². The monoisotopic (exact) mass is 334 g/mol. The van der Waals surface area contributed by atoms with Crippen molar-refractivity contribution < 1.29 is 13.7 Å².